The number of nitrogens with one attached hydrogen (secondary N) is 1. The van der Waals surface area contributed by atoms with E-state index < -0.39 is 6.10 Å². The zero-order valence-electron chi connectivity index (χ0n) is 12.4. The van der Waals surface area contributed by atoms with E-state index >= 15 is 0 Å². The van der Waals surface area contributed by atoms with Crippen LogP contribution in [0.1, 0.15) is 30.5 Å². The van der Waals surface area contributed by atoms with Crippen molar-refractivity contribution >= 4 is 21.8 Å². The number of benzene rings is 2. The van der Waals surface area contributed by atoms with Gasteiger partial charge in [-0.2, -0.15) is 0 Å². The van der Waals surface area contributed by atoms with Crippen LogP contribution in [0.15, 0.2) is 53.0 Å². The molecule has 0 bridgehead atoms. The van der Waals surface area contributed by atoms with Crippen LogP contribution >= 0.6 is 15.9 Å². The van der Waals surface area contributed by atoms with Crippen LogP contribution < -0.4 is 10.1 Å². The van der Waals surface area contributed by atoms with Gasteiger partial charge in [0, 0.05) is 4.47 Å². The third kappa shape index (κ3) is 3.33. The van der Waals surface area contributed by atoms with Gasteiger partial charge < -0.3 is 10.1 Å². The van der Waals surface area contributed by atoms with Crippen LogP contribution in [0, 0.1) is 0 Å². The Labute approximate surface area is 138 Å². The Morgan fingerprint density at radius 2 is 1.95 bits per heavy atom. The molecule has 0 spiro atoms. The van der Waals surface area contributed by atoms with E-state index in [-0.39, 0.29) is 11.9 Å². The van der Waals surface area contributed by atoms with E-state index in [1.54, 1.807) is 6.92 Å². The highest BCUT2D eigenvalue weighted by atomic mass is 79.9. The van der Waals surface area contributed by atoms with Crippen molar-refractivity contribution in [2.75, 3.05) is 0 Å². The number of amides is 1. The molecule has 2 aromatic carbocycles. The Balaban J connectivity index is 1.61. The predicted octanol–water partition coefficient (Wildman–Crippen LogP) is 4.02. The third-order valence-corrected chi connectivity index (χ3v) is 4.47. The van der Waals surface area contributed by atoms with Gasteiger partial charge in [-0.25, -0.2) is 0 Å². The van der Waals surface area contributed by atoms with E-state index in [4.69, 9.17) is 4.74 Å². The molecule has 3 nitrogen and oxygen atoms in total. The summed E-state index contributed by atoms with van der Waals surface area (Å²) in [6.07, 6.45) is 1.45. The van der Waals surface area contributed by atoms with Crippen LogP contribution in [0.3, 0.4) is 0 Å². The fourth-order valence-electron chi connectivity index (χ4n) is 2.77. The molecule has 4 heteroatoms. The summed E-state index contributed by atoms with van der Waals surface area (Å²) >= 11 is 3.38. The van der Waals surface area contributed by atoms with Crippen molar-refractivity contribution in [3.05, 3.63) is 64.1 Å². The number of hydrogen-bond acceptors (Lipinski definition) is 2. The van der Waals surface area contributed by atoms with Gasteiger partial charge in [0.1, 0.15) is 5.75 Å². The lowest BCUT2D eigenvalue weighted by Gasteiger charge is -2.19. The number of fused-ring (bicyclic) bond motifs is 1. The fraction of sp³-hybridized carbons (Fsp3) is 0.278. The molecule has 2 aromatic rings. The van der Waals surface area contributed by atoms with Crippen LogP contribution in [0.25, 0.3) is 0 Å². The van der Waals surface area contributed by atoms with Gasteiger partial charge in [-0.05, 0) is 55.2 Å². The maximum Gasteiger partial charge on any atom is 0.261 e. The van der Waals surface area contributed by atoms with E-state index in [0.717, 1.165) is 17.3 Å². The van der Waals surface area contributed by atoms with Crippen LogP contribution in [0.2, 0.25) is 0 Å². The quantitative estimate of drug-likeness (QED) is 0.895. The van der Waals surface area contributed by atoms with Gasteiger partial charge >= 0.3 is 0 Å². The van der Waals surface area contributed by atoms with Gasteiger partial charge in [-0.3, -0.25) is 4.79 Å². The highest BCUT2D eigenvalue weighted by Crippen LogP contribution is 2.30. The molecule has 114 valence electrons. The van der Waals surface area contributed by atoms with Crippen LogP contribution in [-0.4, -0.2) is 12.0 Å². The molecule has 0 heterocycles. The number of ether oxygens (including phenoxy) is 1. The second-order valence-electron chi connectivity index (χ2n) is 5.51. The minimum Gasteiger partial charge on any atom is -0.481 e. The summed E-state index contributed by atoms with van der Waals surface area (Å²) in [6, 6.07) is 15.9. The number of carbonyl (C=O) groups is 1. The SMILES string of the molecule is C[C@H](Oc1ccc(Br)cc1)C(=O)N[C@H]1CCc2ccccc21. The van der Waals surface area contributed by atoms with Crippen molar-refractivity contribution < 1.29 is 9.53 Å². The highest BCUT2D eigenvalue weighted by molar-refractivity contribution is 9.10. The van der Waals surface area contributed by atoms with Crippen molar-refractivity contribution in [2.24, 2.45) is 0 Å². The minimum absolute atomic E-state index is 0.0791. The molecule has 0 unspecified atom stereocenters. The zero-order valence-corrected chi connectivity index (χ0v) is 14.0. The molecule has 0 aromatic heterocycles. The normalized spacial score (nSPS) is 17.6. The Kier molecular flexibility index (Phi) is 4.48. The fourth-order valence-corrected chi connectivity index (χ4v) is 3.03. The average molecular weight is 360 g/mol. The molecular formula is C18H18BrNO2. The summed E-state index contributed by atoms with van der Waals surface area (Å²) in [4.78, 5) is 12.3. The van der Waals surface area contributed by atoms with E-state index in [9.17, 15) is 4.79 Å². The second kappa shape index (κ2) is 6.53. The van der Waals surface area contributed by atoms with Gasteiger partial charge in [0.15, 0.2) is 6.10 Å². The van der Waals surface area contributed by atoms with E-state index in [2.05, 4.69) is 33.4 Å². The molecule has 1 aliphatic rings. The summed E-state index contributed by atoms with van der Waals surface area (Å²) in [5, 5.41) is 3.09. The van der Waals surface area contributed by atoms with Crippen LogP contribution in [0.4, 0.5) is 0 Å². The van der Waals surface area contributed by atoms with Gasteiger partial charge in [0.05, 0.1) is 6.04 Å². The molecule has 22 heavy (non-hydrogen) atoms. The Morgan fingerprint density at radius 1 is 1.23 bits per heavy atom. The molecule has 1 amide bonds. The van der Waals surface area contributed by atoms with Gasteiger partial charge in [0.25, 0.3) is 5.91 Å². The van der Waals surface area contributed by atoms with Crippen molar-refractivity contribution in [3.63, 3.8) is 0 Å². The molecule has 0 aliphatic heterocycles. The lowest BCUT2D eigenvalue weighted by atomic mass is 10.1. The van der Waals surface area contributed by atoms with Crippen LogP contribution in [0.5, 0.6) is 5.75 Å². The maximum absolute atomic E-state index is 12.3. The van der Waals surface area contributed by atoms with E-state index in [0.29, 0.717) is 5.75 Å². The molecule has 0 radical (unpaired) electrons. The molecule has 1 aliphatic carbocycles. The van der Waals surface area contributed by atoms with E-state index in [1.807, 2.05) is 36.4 Å². The first-order valence-electron chi connectivity index (χ1n) is 7.44. The summed E-state index contributed by atoms with van der Waals surface area (Å²) in [5.41, 5.74) is 2.56. The second-order valence-corrected chi connectivity index (χ2v) is 6.43. The molecule has 1 N–H and O–H groups in total. The average Bonchev–Trinajstić information content (AvgIpc) is 2.93. The van der Waals surface area contributed by atoms with Gasteiger partial charge in [-0.1, -0.05) is 40.2 Å². The topological polar surface area (TPSA) is 38.3 Å². The molecule has 0 saturated heterocycles. The minimum atomic E-state index is -0.520. The Morgan fingerprint density at radius 3 is 2.73 bits per heavy atom. The number of hydrogen-bond donors (Lipinski definition) is 1. The van der Waals surface area contributed by atoms with Crippen LogP contribution in [-0.2, 0) is 11.2 Å². The smallest absolute Gasteiger partial charge is 0.261 e. The predicted molar refractivity (Wildman–Crippen MR) is 89.9 cm³/mol. The zero-order chi connectivity index (χ0) is 15.5. The van der Waals surface area contributed by atoms with E-state index in [1.165, 1.54) is 11.1 Å². The van der Waals surface area contributed by atoms with Crippen molar-refractivity contribution in [1.82, 2.24) is 5.32 Å². The molecule has 0 saturated carbocycles. The first kappa shape index (κ1) is 15.1. The summed E-state index contributed by atoms with van der Waals surface area (Å²) < 4.78 is 6.68. The maximum atomic E-state index is 12.3. The molecular weight excluding hydrogens is 342 g/mol. The Bertz CT molecular complexity index is 669. The largest absolute Gasteiger partial charge is 0.481 e. The third-order valence-electron chi connectivity index (χ3n) is 3.95. The monoisotopic (exact) mass is 359 g/mol. The number of aryl methyl sites for hydroxylation is 1. The number of carbonyl (C=O) groups excluding carboxylic acids is 1. The standard InChI is InChI=1S/C18H18BrNO2/c1-12(22-15-9-7-14(19)8-10-15)18(21)20-17-11-6-13-4-2-3-5-16(13)17/h2-5,7-10,12,17H,6,11H2,1H3,(H,20,21)/t12-,17-/m0/s1. The summed E-state index contributed by atoms with van der Waals surface area (Å²) in [7, 11) is 0. The first-order valence-corrected chi connectivity index (χ1v) is 8.23. The van der Waals surface area contributed by atoms with Gasteiger partial charge in [-0.15, -0.1) is 0 Å². The number of halogens is 1. The Hall–Kier alpha value is -1.81. The van der Waals surface area contributed by atoms with Crippen molar-refractivity contribution in [1.29, 1.82) is 0 Å². The lowest BCUT2D eigenvalue weighted by Crippen LogP contribution is -2.38. The van der Waals surface area contributed by atoms with Crippen molar-refractivity contribution in [3.8, 4) is 5.75 Å². The molecule has 2 atom stereocenters. The number of rotatable bonds is 4. The summed E-state index contributed by atoms with van der Waals surface area (Å²) in [5.74, 6) is 0.613. The highest BCUT2D eigenvalue weighted by Gasteiger charge is 2.25. The molecule has 0 fully saturated rings. The first-order chi connectivity index (χ1) is 10.6. The summed E-state index contributed by atoms with van der Waals surface area (Å²) in [6.45, 7) is 1.78. The van der Waals surface area contributed by atoms with Crippen molar-refractivity contribution in [2.45, 2.75) is 31.9 Å². The van der Waals surface area contributed by atoms with Gasteiger partial charge in [0.2, 0.25) is 0 Å². The lowest BCUT2D eigenvalue weighted by molar-refractivity contribution is -0.128. The molecule has 3 rings (SSSR count).